The van der Waals surface area contributed by atoms with E-state index in [4.69, 9.17) is 16.1 Å². The molecule has 0 amide bonds. The fraction of sp³-hybridized carbons (Fsp3) is 0.467. The fourth-order valence-electron chi connectivity index (χ4n) is 2.78. The van der Waals surface area contributed by atoms with Gasteiger partial charge in [-0.2, -0.15) is 4.98 Å². The van der Waals surface area contributed by atoms with Gasteiger partial charge in [-0.1, -0.05) is 42.2 Å². The van der Waals surface area contributed by atoms with Gasteiger partial charge < -0.3 is 9.63 Å². The molecule has 3 rings (SSSR count). The standard InChI is InChI=1S/C15H18ClN3O2/c1-2-7-15(20)9-19(10-15)8-13-17-14(18-21-13)11-5-3-4-6-12(11)16/h3-6,20H,2,7-10H2,1H3. The molecule has 1 saturated heterocycles. The largest absolute Gasteiger partial charge is 0.387 e. The third-order valence-corrected chi connectivity index (χ3v) is 4.02. The zero-order chi connectivity index (χ0) is 14.9. The lowest BCUT2D eigenvalue weighted by Crippen LogP contribution is -2.60. The van der Waals surface area contributed by atoms with Crippen LogP contribution in [0, 0.1) is 0 Å². The van der Waals surface area contributed by atoms with Crippen molar-refractivity contribution < 1.29 is 9.63 Å². The molecular formula is C15H18ClN3O2. The van der Waals surface area contributed by atoms with Gasteiger partial charge in [0.15, 0.2) is 0 Å². The molecular weight excluding hydrogens is 290 g/mol. The molecule has 2 aromatic rings. The molecule has 0 aliphatic carbocycles. The molecule has 0 unspecified atom stereocenters. The third kappa shape index (κ3) is 3.10. The summed E-state index contributed by atoms with van der Waals surface area (Å²) in [6.07, 6.45) is 1.82. The van der Waals surface area contributed by atoms with Crippen LogP contribution in [0.4, 0.5) is 0 Å². The van der Waals surface area contributed by atoms with Crippen LogP contribution in [-0.4, -0.2) is 38.8 Å². The van der Waals surface area contributed by atoms with Crippen LogP contribution in [0.15, 0.2) is 28.8 Å². The van der Waals surface area contributed by atoms with Gasteiger partial charge in [0.05, 0.1) is 17.2 Å². The van der Waals surface area contributed by atoms with Crippen molar-refractivity contribution in [2.75, 3.05) is 13.1 Å². The molecule has 1 N–H and O–H groups in total. The highest BCUT2D eigenvalue weighted by Crippen LogP contribution is 2.28. The highest BCUT2D eigenvalue weighted by molar-refractivity contribution is 6.33. The Bertz CT molecular complexity index is 623. The molecule has 0 saturated carbocycles. The third-order valence-electron chi connectivity index (χ3n) is 3.69. The average molecular weight is 308 g/mol. The number of rotatable bonds is 5. The monoisotopic (exact) mass is 307 g/mol. The minimum Gasteiger partial charge on any atom is -0.387 e. The summed E-state index contributed by atoms with van der Waals surface area (Å²) in [4.78, 5) is 6.47. The molecule has 1 aliphatic heterocycles. The van der Waals surface area contributed by atoms with Crippen LogP contribution in [0.2, 0.25) is 5.02 Å². The van der Waals surface area contributed by atoms with E-state index in [0.29, 0.717) is 36.4 Å². The van der Waals surface area contributed by atoms with Crippen molar-refractivity contribution in [1.29, 1.82) is 0 Å². The van der Waals surface area contributed by atoms with Crippen LogP contribution < -0.4 is 0 Å². The smallest absolute Gasteiger partial charge is 0.241 e. The number of aromatic nitrogens is 2. The molecule has 0 atom stereocenters. The summed E-state index contributed by atoms with van der Waals surface area (Å²) in [5.74, 6) is 1.04. The first kappa shape index (κ1) is 14.5. The van der Waals surface area contributed by atoms with Crippen molar-refractivity contribution in [3.63, 3.8) is 0 Å². The Morgan fingerprint density at radius 3 is 2.86 bits per heavy atom. The molecule has 21 heavy (non-hydrogen) atoms. The zero-order valence-electron chi connectivity index (χ0n) is 11.9. The summed E-state index contributed by atoms with van der Waals surface area (Å²) in [6, 6.07) is 7.41. The first-order chi connectivity index (χ1) is 10.1. The quantitative estimate of drug-likeness (QED) is 0.920. The van der Waals surface area contributed by atoms with Crippen LogP contribution in [0.5, 0.6) is 0 Å². The predicted molar refractivity (Wildman–Crippen MR) is 79.9 cm³/mol. The topological polar surface area (TPSA) is 62.4 Å². The van der Waals surface area contributed by atoms with Gasteiger partial charge in [0.2, 0.25) is 11.7 Å². The highest BCUT2D eigenvalue weighted by atomic mass is 35.5. The Kier molecular flexibility index (Phi) is 3.97. The summed E-state index contributed by atoms with van der Waals surface area (Å²) < 4.78 is 5.27. The maximum atomic E-state index is 10.2. The van der Waals surface area contributed by atoms with E-state index in [1.54, 1.807) is 6.07 Å². The zero-order valence-corrected chi connectivity index (χ0v) is 12.7. The molecule has 1 aliphatic rings. The maximum absolute atomic E-state index is 10.2. The molecule has 1 aromatic carbocycles. The van der Waals surface area contributed by atoms with Crippen LogP contribution in [-0.2, 0) is 6.54 Å². The number of likely N-dealkylation sites (tertiary alicyclic amines) is 1. The van der Waals surface area contributed by atoms with E-state index in [0.717, 1.165) is 18.4 Å². The van der Waals surface area contributed by atoms with E-state index < -0.39 is 5.60 Å². The second-order valence-corrected chi connectivity index (χ2v) is 6.02. The lowest BCUT2D eigenvalue weighted by molar-refractivity contribution is -0.109. The summed E-state index contributed by atoms with van der Waals surface area (Å²) in [5.41, 5.74) is 0.223. The van der Waals surface area contributed by atoms with E-state index in [2.05, 4.69) is 22.0 Å². The summed E-state index contributed by atoms with van der Waals surface area (Å²) in [5, 5.41) is 14.7. The lowest BCUT2D eigenvalue weighted by atomic mass is 9.89. The minimum atomic E-state index is -0.541. The van der Waals surface area contributed by atoms with Crippen molar-refractivity contribution in [1.82, 2.24) is 15.0 Å². The van der Waals surface area contributed by atoms with Crippen molar-refractivity contribution in [3.05, 3.63) is 35.2 Å². The molecule has 6 heteroatoms. The molecule has 0 radical (unpaired) electrons. The molecule has 1 aromatic heterocycles. The lowest BCUT2D eigenvalue weighted by Gasteiger charge is -2.46. The predicted octanol–water partition coefficient (Wildman–Crippen LogP) is 2.74. The van der Waals surface area contributed by atoms with Crippen molar-refractivity contribution in [2.45, 2.75) is 31.9 Å². The van der Waals surface area contributed by atoms with Gasteiger partial charge in [-0.15, -0.1) is 0 Å². The molecule has 0 bridgehead atoms. The summed E-state index contributed by atoms with van der Waals surface area (Å²) >= 11 is 6.12. The van der Waals surface area contributed by atoms with Crippen molar-refractivity contribution >= 4 is 11.6 Å². The van der Waals surface area contributed by atoms with Crippen molar-refractivity contribution in [2.24, 2.45) is 0 Å². The highest BCUT2D eigenvalue weighted by Gasteiger charge is 2.40. The van der Waals surface area contributed by atoms with E-state index in [1.165, 1.54) is 0 Å². The second-order valence-electron chi connectivity index (χ2n) is 5.61. The van der Waals surface area contributed by atoms with Crippen LogP contribution in [0.3, 0.4) is 0 Å². The van der Waals surface area contributed by atoms with Gasteiger partial charge in [0.1, 0.15) is 0 Å². The summed E-state index contributed by atoms with van der Waals surface area (Å²) in [7, 11) is 0. The van der Waals surface area contributed by atoms with Crippen LogP contribution >= 0.6 is 11.6 Å². The Morgan fingerprint density at radius 2 is 2.14 bits per heavy atom. The number of nitrogens with zero attached hydrogens (tertiary/aromatic N) is 3. The van der Waals surface area contributed by atoms with Crippen LogP contribution in [0.25, 0.3) is 11.4 Å². The van der Waals surface area contributed by atoms with Gasteiger partial charge >= 0.3 is 0 Å². The Labute approximate surface area is 128 Å². The van der Waals surface area contributed by atoms with E-state index >= 15 is 0 Å². The SMILES string of the molecule is CCCC1(O)CN(Cc2nc(-c3ccccc3Cl)no2)C1. The van der Waals surface area contributed by atoms with Crippen molar-refractivity contribution in [3.8, 4) is 11.4 Å². The van der Waals surface area contributed by atoms with Gasteiger partial charge in [0, 0.05) is 18.7 Å². The average Bonchev–Trinajstić information content (AvgIpc) is 2.86. The maximum Gasteiger partial charge on any atom is 0.241 e. The normalized spacial score (nSPS) is 17.7. The van der Waals surface area contributed by atoms with E-state index in [-0.39, 0.29) is 0 Å². The molecule has 112 valence electrons. The number of benzene rings is 1. The van der Waals surface area contributed by atoms with E-state index in [1.807, 2.05) is 18.2 Å². The number of aliphatic hydroxyl groups is 1. The second kappa shape index (κ2) is 5.75. The fourth-order valence-corrected chi connectivity index (χ4v) is 3.00. The number of halogens is 1. The Morgan fingerprint density at radius 1 is 1.38 bits per heavy atom. The number of hydrogen-bond donors (Lipinski definition) is 1. The molecule has 0 spiro atoms. The van der Waals surface area contributed by atoms with Gasteiger partial charge in [0.25, 0.3) is 0 Å². The Balaban J connectivity index is 1.64. The van der Waals surface area contributed by atoms with Crippen LogP contribution in [0.1, 0.15) is 25.7 Å². The number of β-amino-alcohol motifs (C(OH)–C–C–N with tert-alkyl or cyclic N) is 1. The Hall–Kier alpha value is -1.43. The number of hydrogen-bond acceptors (Lipinski definition) is 5. The van der Waals surface area contributed by atoms with Gasteiger partial charge in [-0.05, 0) is 18.6 Å². The molecule has 2 heterocycles. The van der Waals surface area contributed by atoms with Gasteiger partial charge in [-0.3, -0.25) is 4.90 Å². The minimum absolute atomic E-state index is 0.500. The summed E-state index contributed by atoms with van der Waals surface area (Å²) in [6.45, 7) is 3.95. The van der Waals surface area contributed by atoms with Gasteiger partial charge in [-0.25, -0.2) is 0 Å². The molecule has 5 nitrogen and oxygen atoms in total. The first-order valence-corrected chi connectivity index (χ1v) is 7.50. The first-order valence-electron chi connectivity index (χ1n) is 7.12. The van der Waals surface area contributed by atoms with E-state index in [9.17, 15) is 5.11 Å². The molecule has 1 fully saturated rings.